The minimum atomic E-state index is -4.53. The van der Waals surface area contributed by atoms with Crippen LogP contribution in [0.2, 0.25) is 0 Å². The van der Waals surface area contributed by atoms with Crippen molar-refractivity contribution in [2.75, 3.05) is 6.26 Å². The summed E-state index contributed by atoms with van der Waals surface area (Å²) in [5.41, 5.74) is 0. The predicted molar refractivity (Wildman–Crippen MR) is 59.3 cm³/mol. The Morgan fingerprint density at radius 3 is 2.53 bits per heavy atom. The van der Waals surface area contributed by atoms with Crippen molar-refractivity contribution in [3.63, 3.8) is 0 Å². The fraction of sp³-hybridized carbons (Fsp3) is 0.375. The molecule has 0 amide bonds. The van der Waals surface area contributed by atoms with Gasteiger partial charge in [0.25, 0.3) is 0 Å². The molecule has 0 spiro atoms. The Balaban J connectivity index is 2.18. The summed E-state index contributed by atoms with van der Waals surface area (Å²) < 4.78 is 60.5. The first kappa shape index (κ1) is 13.9. The van der Waals surface area contributed by atoms with Crippen LogP contribution < -0.4 is 0 Å². The molecule has 0 atom stereocenters. The molecule has 0 unspecified atom stereocenters. The van der Waals surface area contributed by atoms with E-state index in [1.807, 2.05) is 0 Å². The van der Waals surface area contributed by atoms with Gasteiger partial charge in [-0.05, 0) is 0 Å². The molecule has 0 aliphatic carbocycles. The van der Waals surface area contributed by atoms with E-state index in [2.05, 4.69) is 15.3 Å². The molecule has 0 radical (unpaired) electrons. The smallest absolute Gasteiger partial charge is 0.264 e. The van der Waals surface area contributed by atoms with E-state index in [9.17, 15) is 21.6 Å². The molecule has 0 fully saturated rings. The van der Waals surface area contributed by atoms with E-state index < -0.39 is 21.0 Å². The van der Waals surface area contributed by atoms with Gasteiger partial charge in [0, 0.05) is 12.5 Å². The van der Waals surface area contributed by atoms with Gasteiger partial charge in [-0.25, -0.2) is 8.42 Å². The number of aromatic nitrogens is 4. The van der Waals surface area contributed by atoms with Gasteiger partial charge in [-0.2, -0.15) is 18.3 Å². The van der Waals surface area contributed by atoms with Crippen LogP contribution in [0.15, 0.2) is 17.3 Å². The minimum absolute atomic E-state index is 0.00643. The van der Waals surface area contributed by atoms with E-state index >= 15 is 0 Å². The molecule has 0 aromatic carbocycles. The van der Waals surface area contributed by atoms with Crippen LogP contribution >= 0.6 is 11.3 Å². The Labute approximate surface area is 109 Å². The maximum absolute atomic E-state index is 12.3. The number of nitrogens with zero attached hydrogens (tertiary/aromatic N) is 4. The molecular weight excluding hydrogens is 305 g/mol. The number of halogens is 3. The molecule has 2 rings (SSSR count). The van der Waals surface area contributed by atoms with Gasteiger partial charge < -0.3 is 0 Å². The molecule has 0 bridgehead atoms. The third-order valence-corrected chi connectivity index (χ3v) is 4.06. The standard InChI is InChI=1S/C8H7F3N4O2S2/c1-19(16,17)5-2-12-15(3-5)4-6-13-14-7(18-6)8(9,10)11/h2-3H,4H2,1H3. The summed E-state index contributed by atoms with van der Waals surface area (Å²) >= 11 is 0.394. The summed E-state index contributed by atoms with van der Waals surface area (Å²) in [4.78, 5) is -0.00643. The molecule has 0 saturated carbocycles. The van der Waals surface area contributed by atoms with Crippen molar-refractivity contribution in [1.29, 1.82) is 0 Å². The zero-order valence-electron chi connectivity index (χ0n) is 9.42. The van der Waals surface area contributed by atoms with Crippen molar-refractivity contribution >= 4 is 21.2 Å². The lowest BCUT2D eigenvalue weighted by molar-refractivity contribution is -0.138. The van der Waals surface area contributed by atoms with E-state index in [1.165, 1.54) is 10.9 Å². The van der Waals surface area contributed by atoms with Gasteiger partial charge in [0.2, 0.25) is 5.01 Å². The fourth-order valence-corrected chi connectivity index (χ4v) is 2.44. The third kappa shape index (κ3) is 3.29. The quantitative estimate of drug-likeness (QED) is 0.851. The minimum Gasteiger partial charge on any atom is -0.264 e. The van der Waals surface area contributed by atoms with E-state index in [1.54, 1.807) is 0 Å². The maximum Gasteiger partial charge on any atom is 0.445 e. The topological polar surface area (TPSA) is 77.7 Å². The van der Waals surface area contributed by atoms with E-state index in [0.717, 1.165) is 12.5 Å². The molecule has 0 aliphatic rings. The van der Waals surface area contributed by atoms with Crippen LogP contribution in [-0.4, -0.2) is 34.7 Å². The molecule has 0 saturated heterocycles. The van der Waals surface area contributed by atoms with Gasteiger partial charge in [-0.1, -0.05) is 11.3 Å². The summed E-state index contributed by atoms with van der Waals surface area (Å²) in [5.74, 6) is 0. The van der Waals surface area contributed by atoms with Crippen molar-refractivity contribution in [2.24, 2.45) is 0 Å². The van der Waals surface area contributed by atoms with Crippen LogP contribution in [0.3, 0.4) is 0 Å². The van der Waals surface area contributed by atoms with Crippen molar-refractivity contribution < 1.29 is 21.6 Å². The van der Waals surface area contributed by atoms with Crippen LogP contribution in [0.4, 0.5) is 13.2 Å². The second kappa shape index (κ2) is 4.56. The average Bonchev–Trinajstić information content (AvgIpc) is 2.84. The van der Waals surface area contributed by atoms with Gasteiger partial charge in [-0.3, -0.25) is 4.68 Å². The van der Waals surface area contributed by atoms with Gasteiger partial charge in [0.1, 0.15) is 9.90 Å². The second-order valence-electron chi connectivity index (χ2n) is 3.64. The first-order valence-corrected chi connectivity index (χ1v) is 7.49. The van der Waals surface area contributed by atoms with Crippen LogP contribution in [0.1, 0.15) is 10.0 Å². The number of alkyl halides is 3. The monoisotopic (exact) mass is 312 g/mol. The summed E-state index contributed by atoms with van der Waals surface area (Å²) in [7, 11) is -3.39. The average molecular weight is 312 g/mol. The second-order valence-corrected chi connectivity index (χ2v) is 6.72. The molecule has 6 nitrogen and oxygen atoms in total. The first-order valence-electron chi connectivity index (χ1n) is 4.78. The summed E-state index contributed by atoms with van der Waals surface area (Å²) in [6.07, 6.45) is -1.16. The Hall–Kier alpha value is -1.49. The van der Waals surface area contributed by atoms with E-state index in [4.69, 9.17) is 0 Å². The van der Waals surface area contributed by atoms with Gasteiger partial charge in [0.15, 0.2) is 9.84 Å². The molecule has 2 aromatic heterocycles. The summed E-state index contributed by atoms with van der Waals surface area (Å²) in [6.45, 7) is -0.0662. The number of rotatable bonds is 3. The number of hydrogen-bond acceptors (Lipinski definition) is 6. The zero-order valence-corrected chi connectivity index (χ0v) is 11.1. The van der Waals surface area contributed by atoms with Crippen molar-refractivity contribution in [3.8, 4) is 0 Å². The lowest BCUT2D eigenvalue weighted by Crippen LogP contribution is -2.03. The lowest BCUT2D eigenvalue weighted by atomic mass is 10.6. The number of hydrogen-bond donors (Lipinski definition) is 0. The first-order chi connectivity index (χ1) is 8.66. The molecule has 11 heteroatoms. The van der Waals surface area contributed by atoms with E-state index in [-0.39, 0.29) is 16.4 Å². The molecule has 104 valence electrons. The van der Waals surface area contributed by atoms with Crippen LogP contribution in [0.5, 0.6) is 0 Å². The van der Waals surface area contributed by atoms with Gasteiger partial charge >= 0.3 is 6.18 Å². The Kier molecular flexibility index (Phi) is 3.34. The maximum atomic E-state index is 12.3. The molecule has 0 N–H and O–H groups in total. The largest absolute Gasteiger partial charge is 0.445 e. The molecule has 19 heavy (non-hydrogen) atoms. The number of sulfone groups is 1. The molecule has 0 aliphatic heterocycles. The molecular formula is C8H7F3N4O2S2. The van der Waals surface area contributed by atoms with Gasteiger partial charge in [-0.15, -0.1) is 10.2 Å². The highest BCUT2D eigenvalue weighted by molar-refractivity contribution is 7.90. The predicted octanol–water partition coefficient (Wildman–Crippen LogP) is 1.21. The Bertz CT molecular complexity index is 689. The highest BCUT2D eigenvalue weighted by Crippen LogP contribution is 2.31. The van der Waals surface area contributed by atoms with Crippen LogP contribution in [-0.2, 0) is 22.6 Å². The highest BCUT2D eigenvalue weighted by atomic mass is 32.2. The molecule has 2 heterocycles. The Morgan fingerprint density at radius 1 is 1.37 bits per heavy atom. The zero-order chi connectivity index (χ0) is 14.3. The fourth-order valence-electron chi connectivity index (χ4n) is 1.19. The summed E-state index contributed by atoms with van der Waals surface area (Å²) in [5, 5.41) is 9.20. The Morgan fingerprint density at radius 2 is 2.05 bits per heavy atom. The third-order valence-electron chi connectivity index (χ3n) is 2.04. The van der Waals surface area contributed by atoms with E-state index in [0.29, 0.717) is 11.3 Å². The van der Waals surface area contributed by atoms with Crippen LogP contribution in [0, 0.1) is 0 Å². The van der Waals surface area contributed by atoms with Gasteiger partial charge in [0.05, 0.1) is 12.7 Å². The summed E-state index contributed by atoms with van der Waals surface area (Å²) in [6, 6.07) is 0. The SMILES string of the molecule is CS(=O)(=O)c1cnn(Cc2nnc(C(F)(F)F)s2)c1. The van der Waals surface area contributed by atoms with Crippen molar-refractivity contribution in [3.05, 3.63) is 22.4 Å². The highest BCUT2D eigenvalue weighted by Gasteiger charge is 2.35. The molecule has 2 aromatic rings. The lowest BCUT2D eigenvalue weighted by Gasteiger charge is -1.98. The van der Waals surface area contributed by atoms with Crippen molar-refractivity contribution in [1.82, 2.24) is 20.0 Å². The van der Waals surface area contributed by atoms with Crippen LogP contribution in [0.25, 0.3) is 0 Å². The van der Waals surface area contributed by atoms with Crippen molar-refractivity contribution in [2.45, 2.75) is 17.6 Å². The normalized spacial score (nSPS) is 12.8.